The average Bonchev–Trinajstić information content (AvgIpc) is 2.98. The minimum atomic E-state index is -5.07. The Kier molecular flexibility index (Phi) is 31.5. The van der Waals surface area contributed by atoms with Crippen molar-refractivity contribution in [3.63, 3.8) is 0 Å². The van der Waals surface area contributed by atoms with Crippen molar-refractivity contribution in [2.24, 2.45) is 5.41 Å². The summed E-state index contributed by atoms with van der Waals surface area (Å²) in [5, 5.41) is 42.8. The average molecular weight is 684 g/mol. The third kappa shape index (κ3) is 23.9. The second-order valence-corrected chi connectivity index (χ2v) is 14.1. The summed E-state index contributed by atoms with van der Waals surface area (Å²) in [4.78, 5) is 26.0. The Bertz CT molecular complexity index is 786. The zero-order valence-corrected chi connectivity index (χ0v) is 29.9. The lowest BCUT2D eigenvalue weighted by Crippen LogP contribution is -2.51. The largest absolute Gasteiger partial charge is 0.481 e. The highest BCUT2D eigenvalue weighted by atomic mass is 32.2. The van der Waals surface area contributed by atoms with Crippen molar-refractivity contribution in [2.45, 2.75) is 160 Å². The number of nitrogens with zero attached hydrogens (tertiary/aromatic N) is 1. The lowest BCUT2D eigenvalue weighted by molar-refractivity contribution is -0.156. The summed E-state index contributed by atoms with van der Waals surface area (Å²) in [6.45, 7) is 6.12. The van der Waals surface area contributed by atoms with E-state index in [1.54, 1.807) is 4.90 Å². The van der Waals surface area contributed by atoms with E-state index in [0.717, 1.165) is 51.4 Å². The summed E-state index contributed by atoms with van der Waals surface area (Å²) < 4.78 is 33.7. The number of aliphatic hydroxyl groups is 3. The second kappa shape index (κ2) is 31.0. The van der Waals surface area contributed by atoms with Gasteiger partial charge in [0.05, 0.1) is 25.2 Å². The molecule has 0 aliphatic rings. The van der Waals surface area contributed by atoms with Crippen LogP contribution in [0.1, 0.15) is 155 Å². The van der Waals surface area contributed by atoms with E-state index in [9.17, 15) is 32.8 Å². The number of aliphatic carboxylic acids is 2. The van der Waals surface area contributed by atoms with E-state index in [1.807, 2.05) is 0 Å². The van der Waals surface area contributed by atoms with Crippen molar-refractivity contribution in [2.75, 3.05) is 39.5 Å². The zero-order valence-electron chi connectivity index (χ0n) is 29.0. The topological polar surface area (TPSA) is 193 Å². The van der Waals surface area contributed by atoms with Crippen LogP contribution >= 0.6 is 0 Å². The van der Waals surface area contributed by atoms with Gasteiger partial charge in [-0.3, -0.25) is 19.0 Å². The number of hydrogen-bond acceptors (Lipinski definition) is 8. The monoisotopic (exact) mass is 683 g/mol. The molecule has 0 saturated heterocycles. The molecule has 0 saturated carbocycles. The van der Waals surface area contributed by atoms with Crippen LogP contribution in [0.25, 0.3) is 0 Å². The van der Waals surface area contributed by atoms with Crippen LogP contribution in [-0.4, -0.2) is 100 Å². The van der Waals surface area contributed by atoms with Gasteiger partial charge in [-0.2, -0.15) is 8.42 Å². The van der Waals surface area contributed by atoms with Crippen LogP contribution in [0.5, 0.6) is 0 Å². The second-order valence-electron chi connectivity index (χ2n) is 12.6. The molecule has 0 aromatic carbocycles. The number of rotatable bonds is 32. The highest BCUT2D eigenvalue weighted by molar-refractivity contribution is 7.87. The molecule has 6 N–H and O–H groups in total. The van der Waals surface area contributed by atoms with Crippen molar-refractivity contribution in [3.05, 3.63) is 0 Å². The predicted octanol–water partition coefficient (Wildman–Crippen LogP) is 6.29. The Hall–Kier alpha value is -1.31. The molecule has 0 bridgehead atoms. The van der Waals surface area contributed by atoms with E-state index >= 15 is 0 Å². The third-order valence-corrected chi connectivity index (χ3v) is 9.90. The molecule has 0 fully saturated rings. The van der Waals surface area contributed by atoms with Crippen LogP contribution in [0, 0.1) is 5.41 Å². The highest BCUT2D eigenvalue weighted by Crippen LogP contribution is 2.39. The number of aliphatic hydroxyl groups excluding tert-OH is 3. The molecular formula is C34H69NO10S. The van der Waals surface area contributed by atoms with Crippen LogP contribution < -0.4 is 0 Å². The summed E-state index contributed by atoms with van der Waals surface area (Å²) in [5.41, 5.74) is -2.01. The van der Waals surface area contributed by atoms with Gasteiger partial charge < -0.3 is 25.5 Å². The molecule has 0 aliphatic carbocycles. The molecule has 0 aromatic heterocycles. The van der Waals surface area contributed by atoms with Gasteiger partial charge in [0.25, 0.3) is 10.1 Å². The van der Waals surface area contributed by atoms with Gasteiger partial charge >= 0.3 is 11.9 Å². The van der Waals surface area contributed by atoms with Crippen molar-refractivity contribution >= 4 is 22.1 Å². The molecule has 1 atom stereocenters. The fourth-order valence-corrected chi connectivity index (χ4v) is 7.14. The molecule has 12 heteroatoms. The fraction of sp³-hybridized carbons (Fsp3) is 0.941. The quantitative estimate of drug-likeness (QED) is 0.0345. The van der Waals surface area contributed by atoms with Gasteiger partial charge in [-0.05, 0) is 12.8 Å². The minimum absolute atomic E-state index is 0.0625. The molecule has 0 spiro atoms. The van der Waals surface area contributed by atoms with Gasteiger partial charge in [0.1, 0.15) is 0 Å². The summed E-state index contributed by atoms with van der Waals surface area (Å²) in [6.07, 6.45) is 20.6. The van der Waals surface area contributed by atoms with Gasteiger partial charge in [0.2, 0.25) is 0 Å². The Balaban J connectivity index is 0. The molecule has 0 amide bonds. The maximum absolute atomic E-state index is 12.4. The SMILES string of the molecule is CCCCCCCCCCCCC(CCCCCCCCCCCC)(C(=O)O)C(C(=O)O)S(=O)(=O)O.OCCN(CCO)CCO. The maximum atomic E-state index is 12.4. The lowest BCUT2D eigenvalue weighted by atomic mass is 9.74. The molecule has 46 heavy (non-hydrogen) atoms. The summed E-state index contributed by atoms with van der Waals surface area (Å²) in [7, 11) is -5.07. The van der Waals surface area contributed by atoms with Crippen molar-refractivity contribution in [3.8, 4) is 0 Å². The fourth-order valence-electron chi connectivity index (χ4n) is 5.98. The molecule has 0 aromatic rings. The van der Waals surface area contributed by atoms with E-state index in [-0.39, 0.29) is 32.7 Å². The molecule has 0 heterocycles. The van der Waals surface area contributed by atoms with Crippen LogP contribution in [0.2, 0.25) is 0 Å². The van der Waals surface area contributed by atoms with Crippen molar-refractivity contribution < 1.29 is 48.1 Å². The first-order valence-corrected chi connectivity index (χ1v) is 19.5. The summed E-state index contributed by atoms with van der Waals surface area (Å²) in [5.74, 6) is -3.24. The summed E-state index contributed by atoms with van der Waals surface area (Å²) >= 11 is 0. The zero-order chi connectivity index (χ0) is 35.1. The Morgan fingerprint density at radius 2 is 0.848 bits per heavy atom. The van der Waals surface area contributed by atoms with Gasteiger partial charge in [-0.15, -0.1) is 0 Å². The Morgan fingerprint density at radius 3 is 1.07 bits per heavy atom. The van der Waals surface area contributed by atoms with Crippen molar-refractivity contribution in [1.29, 1.82) is 0 Å². The van der Waals surface area contributed by atoms with Crippen LogP contribution in [0.3, 0.4) is 0 Å². The Morgan fingerprint density at radius 1 is 0.565 bits per heavy atom. The van der Waals surface area contributed by atoms with Crippen LogP contribution in [0.15, 0.2) is 0 Å². The van der Waals surface area contributed by atoms with Crippen molar-refractivity contribution in [1.82, 2.24) is 4.90 Å². The van der Waals surface area contributed by atoms with Gasteiger partial charge in [0, 0.05) is 19.6 Å². The number of carboxylic acid groups (broad SMARTS) is 2. The predicted molar refractivity (Wildman–Crippen MR) is 184 cm³/mol. The third-order valence-electron chi connectivity index (χ3n) is 8.65. The highest BCUT2D eigenvalue weighted by Gasteiger charge is 2.55. The number of hydrogen-bond donors (Lipinski definition) is 6. The number of unbranched alkanes of at least 4 members (excludes halogenated alkanes) is 18. The summed E-state index contributed by atoms with van der Waals surface area (Å²) in [6, 6.07) is 0. The van der Waals surface area contributed by atoms with Crippen LogP contribution in [0.4, 0.5) is 0 Å². The molecule has 1 unspecified atom stereocenters. The van der Waals surface area contributed by atoms with Gasteiger partial charge in [-0.1, -0.05) is 142 Å². The van der Waals surface area contributed by atoms with Gasteiger partial charge in [0.15, 0.2) is 5.25 Å². The number of carboxylic acids is 2. The van der Waals surface area contributed by atoms with Crippen LogP contribution in [-0.2, 0) is 19.7 Å². The van der Waals surface area contributed by atoms with Gasteiger partial charge in [-0.25, -0.2) is 0 Å². The normalized spacial score (nSPS) is 12.6. The first kappa shape index (κ1) is 46.8. The first-order chi connectivity index (χ1) is 22.0. The minimum Gasteiger partial charge on any atom is -0.481 e. The molecule has 0 rings (SSSR count). The molecule has 276 valence electrons. The number of carbonyl (C=O) groups is 2. The first-order valence-electron chi connectivity index (χ1n) is 18.0. The van der Waals surface area contributed by atoms with E-state index in [1.165, 1.54) is 64.2 Å². The lowest BCUT2D eigenvalue weighted by Gasteiger charge is -2.33. The van der Waals surface area contributed by atoms with E-state index in [0.29, 0.717) is 32.5 Å². The Labute approximate surface area is 279 Å². The maximum Gasteiger partial charge on any atom is 0.325 e. The van der Waals surface area contributed by atoms with E-state index < -0.39 is 32.7 Å². The van der Waals surface area contributed by atoms with E-state index in [2.05, 4.69) is 13.8 Å². The van der Waals surface area contributed by atoms with E-state index in [4.69, 9.17) is 15.3 Å². The molecule has 0 radical (unpaired) electrons. The molecule has 0 aliphatic heterocycles. The standard InChI is InChI=1S/C28H54O7S.C6H15NO3/c1-3-5-7-9-11-13-15-17-19-21-23-28(27(31)32,25(26(29)30)36(33,34)35)24-22-20-18-16-14-12-10-8-6-4-2;8-4-1-7(2-5-9)3-6-10/h25H,3-24H2,1-2H3,(H,29,30)(H,31,32)(H,33,34,35);8-10H,1-6H2. The molecule has 11 nitrogen and oxygen atoms in total. The smallest absolute Gasteiger partial charge is 0.325 e. The molecular weight excluding hydrogens is 614 g/mol.